The van der Waals surface area contributed by atoms with E-state index in [2.05, 4.69) is 41.8 Å². The van der Waals surface area contributed by atoms with Gasteiger partial charge in [-0.2, -0.15) is 0 Å². The summed E-state index contributed by atoms with van der Waals surface area (Å²) in [5.41, 5.74) is 2.92. The maximum Gasteiger partial charge on any atom is 0.238 e. The Morgan fingerprint density at radius 1 is 1.08 bits per heavy atom. The van der Waals surface area contributed by atoms with Gasteiger partial charge in [0.25, 0.3) is 0 Å². The summed E-state index contributed by atoms with van der Waals surface area (Å²) in [7, 11) is 0. The van der Waals surface area contributed by atoms with Gasteiger partial charge in [0.1, 0.15) is 0 Å². The summed E-state index contributed by atoms with van der Waals surface area (Å²) in [6.07, 6.45) is 0. The number of fused-ring (bicyclic) bond motifs is 1. The van der Waals surface area contributed by atoms with Crippen molar-refractivity contribution in [1.82, 2.24) is 5.32 Å². The van der Waals surface area contributed by atoms with E-state index in [0.29, 0.717) is 5.02 Å². The Hall–Kier alpha value is -2.36. The lowest BCUT2D eigenvalue weighted by atomic mass is 10.00. The highest BCUT2D eigenvalue weighted by Crippen LogP contribution is 2.24. The van der Waals surface area contributed by atoms with E-state index in [1.807, 2.05) is 37.3 Å². The van der Waals surface area contributed by atoms with Crippen LogP contribution in [0.1, 0.15) is 24.1 Å². The van der Waals surface area contributed by atoms with Gasteiger partial charge in [-0.25, -0.2) is 0 Å². The van der Waals surface area contributed by atoms with Crippen LogP contribution in [-0.4, -0.2) is 12.5 Å². The highest BCUT2D eigenvalue weighted by atomic mass is 35.5. The molecule has 0 aromatic heterocycles. The van der Waals surface area contributed by atoms with Crippen LogP contribution in [0.2, 0.25) is 5.02 Å². The molecular weight excluding hydrogens is 332 g/mol. The SMILES string of the molecule is Cc1ccc(Cl)cc1NC(=O)CN[C@@H](C)c1cccc2ccccc12. The zero-order valence-electron chi connectivity index (χ0n) is 14.3. The first-order chi connectivity index (χ1) is 12.0. The Labute approximate surface area is 153 Å². The van der Waals surface area contributed by atoms with Crippen molar-refractivity contribution >= 4 is 34.0 Å². The van der Waals surface area contributed by atoms with Crippen molar-refractivity contribution in [2.45, 2.75) is 19.9 Å². The summed E-state index contributed by atoms with van der Waals surface area (Å²) in [6.45, 7) is 4.24. The number of halogens is 1. The van der Waals surface area contributed by atoms with Crippen LogP contribution in [0.4, 0.5) is 5.69 Å². The van der Waals surface area contributed by atoms with Gasteiger partial charge in [-0.1, -0.05) is 60.1 Å². The van der Waals surface area contributed by atoms with Crippen molar-refractivity contribution < 1.29 is 4.79 Å². The van der Waals surface area contributed by atoms with E-state index in [1.54, 1.807) is 6.07 Å². The van der Waals surface area contributed by atoms with Crippen molar-refractivity contribution in [2.75, 3.05) is 11.9 Å². The predicted octanol–water partition coefficient (Wildman–Crippen LogP) is 5.09. The van der Waals surface area contributed by atoms with Gasteiger partial charge in [0, 0.05) is 16.8 Å². The third-order valence-electron chi connectivity index (χ3n) is 4.33. The van der Waals surface area contributed by atoms with Crippen LogP contribution >= 0.6 is 11.6 Å². The summed E-state index contributed by atoms with van der Waals surface area (Å²) >= 11 is 6.00. The predicted molar refractivity (Wildman–Crippen MR) is 105 cm³/mol. The van der Waals surface area contributed by atoms with Crippen LogP contribution in [-0.2, 0) is 4.79 Å². The Kier molecular flexibility index (Phi) is 5.37. The van der Waals surface area contributed by atoms with E-state index in [1.165, 1.54) is 16.3 Å². The van der Waals surface area contributed by atoms with E-state index < -0.39 is 0 Å². The van der Waals surface area contributed by atoms with Gasteiger partial charge < -0.3 is 10.6 Å². The standard InChI is InChI=1S/C21H21ClN2O/c1-14-10-11-17(22)12-20(14)24-21(25)13-23-15(2)18-9-5-7-16-6-3-4-8-19(16)18/h3-12,15,23H,13H2,1-2H3,(H,24,25)/t15-/m0/s1. The van der Waals surface area contributed by atoms with Crippen molar-refractivity contribution in [2.24, 2.45) is 0 Å². The van der Waals surface area contributed by atoms with Crippen LogP contribution in [0.25, 0.3) is 10.8 Å². The normalized spacial score (nSPS) is 12.1. The van der Waals surface area contributed by atoms with Crippen molar-refractivity contribution in [3.05, 3.63) is 76.8 Å². The second-order valence-electron chi connectivity index (χ2n) is 6.18. The summed E-state index contributed by atoms with van der Waals surface area (Å²) in [5.74, 6) is -0.0857. The first kappa shape index (κ1) is 17.5. The molecule has 3 aromatic rings. The Bertz CT molecular complexity index is 902. The van der Waals surface area contributed by atoms with Crippen molar-refractivity contribution in [3.8, 4) is 0 Å². The van der Waals surface area contributed by atoms with Gasteiger partial charge in [0.2, 0.25) is 5.91 Å². The molecule has 4 heteroatoms. The minimum atomic E-state index is -0.0857. The first-order valence-corrected chi connectivity index (χ1v) is 8.69. The van der Waals surface area contributed by atoms with E-state index in [9.17, 15) is 4.79 Å². The lowest BCUT2D eigenvalue weighted by molar-refractivity contribution is -0.115. The van der Waals surface area contributed by atoms with Gasteiger partial charge in [0.15, 0.2) is 0 Å². The largest absolute Gasteiger partial charge is 0.325 e. The molecular formula is C21H21ClN2O. The average molecular weight is 353 g/mol. The number of hydrogen-bond acceptors (Lipinski definition) is 2. The molecule has 1 atom stereocenters. The molecule has 0 aliphatic rings. The third kappa shape index (κ3) is 4.19. The van der Waals surface area contributed by atoms with Crippen LogP contribution in [0, 0.1) is 6.92 Å². The van der Waals surface area contributed by atoms with Crippen LogP contribution in [0.5, 0.6) is 0 Å². The lowest BCUT2D eigenvalue weighted by Crippen LogP contribution is -2.30. The smallest absolute Gasteiger partial charge is 0.238 e. The molecule has 3 rings (SSSR count). The van der Waals surface area contributed by atoms with Gasteiger partial charge in [-0.3, -0.25) is 4.79 Å². The van der Waals surface area contributed by atoms with Crippen LogP contribution in [0.15, 0.2) is 60.7 Å². The zero-order valence-corrected chi connectivity index (χ0v) is 15.1. The Balaban J connectivity index is 1.66. The maximum atomic E-state index is 12.3. The molecule has 3 nitrogen and oxygen atoms in total. The van der Waals surface area contributed by atoms with Crippen LogP contribution < -0.4 is 10.6 Å². The van der Waals surface area contributed by atoms with Crippen molar-refractivity contribution in [1.29, 1.82) is 0 Å². The fraction of sp³-hybridized carbons (Fsp3) is 0.190. The molecule has 1 amide bonds. The van der Waals surface area contributed by atoms with E-state index >= 15 is 0 Å². The van der Waals surface area contributed by atoms with Crippen LogP contribution in [0.3, 0.4) is 0 Å². The summed E-state index contributed by atoms with van der Waals surface area (Å²) < 4.78 is 0. The highest BCUT2D eigenvalue weighted by molar-refractivity contribution is 6.31. The molecule has 0 aliphatic carbocycles. The maximum absolute atomic E-state index is 12.3. The number of anilines is 1. The zero-order chi connectivity index (χ0) is 17.8. The molecule has 0 fully saturated rings. The number of aryl methyl sites for hydroxylation is 1. The topological polar surface area (TPSA) is 41.1 Å². The molecule has 0 bridgehead atoms. The van der Waals surface area contributed by atoms with Gasteiger partial charge >= 0.3 is 0 Å². The molecule has 0 spiro atoms. The molecule has 0 radical (unpaired) electrons. The third-order valence-corrected chi connectivity index (χ3v) is 4.57. The minimum absolute atomic E-state index is 0.0670. The molecule has 0 saturated heterocycles. The van der Waals surface area contributed by atoms with E-state index in [0.717, 1.165) is 11.3 Å². The number of carbonyl (C=O) groups excluding carboxylic acids is 1. The van der Waals surface area contributed by atoms with Gasteiger partial charge in [0.05, 0.1) is 6.54 Å². The molecule has 25 heavy (non-hydrogen) atoms. The second-order valence-corrected chi connectivity index (χ2v) is 6.61. The van der Waals surface area contributed by atoms with Gasteiger partial charge in [-0.05, 0) is 47.9 Å². The molecule has 3 aromatic carbocycles. The van der Waals surface area contributed by atoms with Gasteiger partial charge in [-0.15, -0.1) is 0 Å². The lowest BCUT2D eigenvalue weighted by Gasteiger charge is -2.17. The van der Waals surface area contributed by atoms with Crippen molar-refractivity contribution in [3.63, 3.8) is 0 Å². The number of hydrogen-bond donors (Lipinski definition) is 2. The number of amides is 1. The summed E-state index contributed by atoms with van der Waals surface area (Å²) in [5, 5.41) is 9.22. The first-order valence-electron chi connectivity index (χ1n) is 8.31. The Morgan fingerprint density at radius 3 is 2.68 bits per heavy atom. The molecule has 0 unspecified atom stereocenters. The summed E-state index contributed by atoms with van der Waals surface area (Å²) in [4.78, 5) is 12.3. The summed E-state index contributed by atoms with van der Waals surface area (Å²) in [6, 6.07) is 20.1. The number of benzene rings is 3. The number of carbonyl (C=O) groups is 1. The Morgan fingerprint density at radius 2 is 1.84 bits per heavy atom. The molecule has 0 aliphatic heterocycles. The fourth-order valence-electron chi connectivity index (χ4n) is 2.91. The van der Waals surface area contributed by atoms with E-state index in [-0.39, 0.29) is 18.5 Å². The average Bonchev–Trinajstić information content (AvgIpc) is 2.62. The van der Waals surface area contributed by atoms with E-state index in [4.69, 9.17) is 11.6 Å². The number of rotatable bonds is 5. The molecule has 2 N–H and O–H groups in total. The minimum Gasteiger partial charge on any atom is -0.325 e. The second kappa shape index (κ2) is 7.68. The molecule has 128 valence electrons. The highest BCUT2D eigenvalue weighted by Gasteiger charge is 2.11. The monoisotopic (exact) mass is 352 g/mol. The molecule has 0 saturated carbocycles. The quantitative estimate of drug-likeness (QED) is 0.671. The number of nitrogens with one attached hydrogen (secondary N) is 2. The molecule has 0 heterocycles. The fourth-order valence-corrected chi connectivity index (χ4v) is 3.08.